The Labute approximate surface area is 62.8 Å². The van der Waals surface area contributed by atoms with Crippen LogP contribution in [0.25, 0.3) is 0 Å². The van der Waals surface area contributed by atoms with E-state index < -0.39 is 0 Å². The van der Waals surface area contributed by atoms with Crippen molar-refractivity contribution < 1.29 is 4.79 Å². The fourth-order valence-corrected chi connectivity index (χ4v) is 1.63. The molecule has 3 atom stereocenters. The lowest BCUT2D eigenvalue weighted by Crippen LogP contribution is -2.30. The van der Waals surface area contributed by atoms with Gasteiger partial charge in [0, 0.05) is 11.8 Å². The molecule has 1 fully saturated rings. The smallest absolute Gasteiger partial charge is 0.138 e. The maximum absolute atomic E-state index is 11.3. The van der Waals surface area contributed by atoms with Crippen molar-refractivity contribution in [3.8, 4) is 0 Å². The van der Waals surface area contributed by atoms with Gasteiger partial charge >= 0.3 is 0 Å². The Morgan fingerprint density at radius 2 is 1.80 bits per heavy atom. The first-order valence-electron chi connectivity index (χ1n) is 4.16. The lowest BCUT2D eigenvalue weighted by atomic mass is 9.76. The molecule has 0 aromatic rings. The minimum absolute atomic E-state index is 0.309. The van der Waals surface area contributed by atoms with Crippen molar-refractivity contribution in [2.75, 3.05) is 0 Å². The average molecular weight is 140 g/mol. The summed E-state index contributed by atoms with van der Waals surface area (Å²) in [7, 11) is 0. The molecule has 0 aromatic heterocycles. The van der Waals surface area contributed by atoms with Gasteiger partial charge in [0.05, 0.1) is 0 Å². The van der Waals surface area contributed by atoms with Crippen LogP contribution in [0.4, 0.5) is 0 Å². The fourth-order valence-electron chi connectivity index (χ4n) is 1.63. The van der Waals surface area contributed by atoms with E-state index in [1.165, 1.54) is 6.42 Å². The van der Waals surface area contributed by atoms with Crippen molar-refractivity contribution in [3.05, 3.63) is 0 Å². The molecule has 0 radical (unpaired) electrons. The predicted molar refractivity (Wildman–Crippen MR) is 41.7 cm³/mol. The van der Waals surface area contributed by atoms with Crippen molar-refractivity contribution in [2.24, 2.45) is 17.8 Å². The first-order chi connectivity index (χ1) is 4.63. The van der Waals surface area contributed by atoms with Gasteiger partial charge in [-0.15, -0.1) is 0 Å². The molecular weight excluding hydrogens is 124 g/mol. The van der Waals surface area contributed by atoms with Crippen LogP contribution in [-0.4, -0.2) is 5.78 Å². The third-order valence-corrected chi connectivity index (χ3v) is 2.84. The lowest BCUT2D eigenvalue weighted by molar-refractivity contribution is -0.129. The molecule has 1 aliphatic rings. The van der Waals surface area contributed by atoms with Crippen LogP contribution in [0.1, 0.15) is 33.6 Å². The molecule has 58 valence electrons. The van der Waals surface area contributed by atoms with Gasteiger partial charge in [-0.25, -0.2) is 0 Å². The SMILES string of the molecule is CC1CCC(C)C(C)C1=O. The highest BCUT2D eigenvalue weighted by Gasteiger charge is 2.29. The summed E-state index contributed by atoms with van der Waals surface area (Å²) in [5, 5.41) is 0. The van der Waals surface area contributed by atoms with Crippen LogP contribution in [0.2, 0.25) is 0 Å². The molecule has 0 amide bonds. The molecule has 0 aromatic carbocycles. The molecule has 1 nitrogen and oxygen atoms in total. The Hall–Kier alpha value is -0.330. The topological polar surface area (TPSA) is 17.1 Å². The minimum atomic E-state index is 0.309. The van der Waals surface area contributed by atoms with Gasteiger partial charge in [-0.3, -0.25) is 4.79 Å². The number of hydrogen-bond acceptors (Lipinski definition) is 1. The highest BCUT2D eigenvalue weighted by atomic mass is 16.1. The quantitative estimate of drug-likeness (QED) is 0.504. The maximum Gasteiger partial charge on any atom is 0.138 e. The monoisotopic (exact) mass is 140 g/mol. The van der Waals surface area contributed by atoms with Gasteiger partial charge in [0.25, 0.3) is 0 Å². The Morgan fingerprint density at radius 3 is 2.30 bits per heavy atom. The second-order valence-electron chi connectivity index (χ2n) is 3.65. The third-order valence-electron chi connectivity index (χ3n) is 2.84. The van der Waals surface area contributed by atoms with E-state index in [0.29, 0.717) is 23.5 Å². The first kappa shape index (κ1) is 7.77. The minimum Gasteiger partial charge on any atom is -0.299 e. The number of hydrogen-bond donors (Lipinski definition) is 0. The predicted octanol–water partition coefficient (Wildman–Crippen LogP) is 2.26. The number of ketones is 1. The molecule has 0 bridgehead atoms. The van der Waals surface area contributed by atoms with E-state index in [9.17, 15) is 4.79 Å². The summed E-state index contributed by atoms with van der Waals surface area (Å²) in [6, 6.07) is 0. The second-order valence-corrected chi connectivity index (χ2v) is 3.65. The number of carbonyl (C=O) groups excluding carboxylic acids is 1. The molecule has 0 heterocycles. The van der Waals surface area contributed by atoms with Crippen molar-refractivity contribution in [1.82, 2.24) is 0 Å². The highest BCUT2D eigenvalue weighted by molar-refractivity contribution is 5.83. The van der Waals surface area contributed by atoms with Gasteiger partial charge < -0.3 is 0 Å². The Morgan fingerprint density at radius 1 is 1.20 bits per heavy atom. The largest absolute Gasteiger partial charge is 0.299 e. The lowest BCUT2D eigenvalue weighted by Gasteiger charge is -2.28. The Balaban J connectivity index is 2.60. The van der Waals surface area contributed by atoms with Gasteiger partial charge in [0.15, 0.2) is 0 Å². The zero-order valence-corrected chi connectivity index (χ0v) is 7.05. The molecule has 0 spiro atoms. The molecular formula is C9H16O. The average Bonchev–Trinajstić information content (AvgIpc) is 1.93. The number of Topliss-reactive ketones (excluding diaryl/α,β-unsaturated/α-hetero) is 1. The Bertz CT molecular complexity index is 140. The van der Waals surface area contributed by atoms with Gasteiger partial charge in [0.2, 0.25) is 0 Å². The molecule has 1 aliphatic carbocycles. The van der Waals surface area contributed by atoms with Crippen molar-refractivity contribution in [3.63, 3.8) is 0 Å². The van der Waals surface area contributed by atoms with E-state index in [4.69, 9.17) is 0 Å². The van der Waals surface area contributed by atoms with E-state index >= 15 is 0 Å². The van der Waals surface area contributed by atoms with Crippen LogP contribution in [0.15, 0.2) is 0 Å². The Kier molecular flexibility index (Phi) is 2.12. The van der Waals surface area contributed by atoms with Crippen LogP contribution in [0, 0.1) is 17.8 Å². The fraction of sp³-hybridized carbons (Fsp3) is 0.889. The maximum atomic E-state index is 11.3. The van der Waals surface area contributed by atoms with E-state index in [1.807, 2.05) is 6.92 Å². The van der Waals surface area contributed by atoms with Gasteiger partial charge in [-0.2, -0.15) is 0 Å². The van der Waals surface area contributed by atoms with Crippen LogP contribution in [-0.2, 0) is 4.79 Å². The van der Waals surface area contributed by atoms with Crippen LogP contribution >= 0.6 is 0 Å². The van der Waals surface area contributed by atoms with E-state index in [0.717, 1.165) is 6.42 Å². The van der Waals surface area contributed by atoms with Gasteiger partial charge in [0.1, 0.15) is 5.78 Å². The molecule has 1 rings (SSSR count). The van der Waals surface area contributed by atoms with Crippen molar-refractivity contribution in [2.45, 2.75) is 33.6 Å². The third kappa shape index (κ3) is 1.23. The summed E-state index contributed by atoms with van der Waals surface area (Å²) in [6.45, 7) is 6.28. The highest BCUT2D eigenvalue weighted by Crippen LogP contribution is 2.29. The van der Waals surface area contributed by atoms with Gasteiger partial charge in [-0.1, -0.05) is 20.8 Å². The zero-order valence-electron chi connectivity index (χ0n) is 7.05. The van der Waals surface area contributed by atoms with Crippen molar-refractivity contribution >= 4 is 5.78 Å². The summed E-state index contributed by atoms with van der Waals surface area (Å²) in [4.78, 5) is 11.3. The summed E-state index contributed by atoms with van der Waals surface area (Å²) in [5.41, 5.74) is 0. The molecule has 0 aliphatic heterocycles. The van der Waals surface area contributed by atoms with Crippen molar-refractivity contribution in [1.29, 1.82) is 0 Å². The first-order valence-corrected chi connectivity index (χ1v) is 4.16. The number of rotatable bonds is 0. The van der Waals surface area contributed by atoms with Crippen LogP contribution in [0.3, 0.4) is 0 Å². The van der Waals surface area contributed by atoms with Crippen LogP contribution < -0.4 is 0 Å². The summed E-state index contributed by atoms with van der Waals surface area (Å²) in [6.07, 6.45) is 2.33. The van der Waals surface area contributed by atoms with E-state index in [1.54, 1.807) is 0 Å². The number of carbonyl (C=O) groups is 1. The molecule has 0 N–H and O–H groups in total. The molecule has 10 heavy (non-hydrogen) atoms. The van der Waals surface area contributed by atoms with E-state index in [2.05, 4.69) is 13.8 Å². The normalized spacial score (nSPS) is 41.9. The summed E-state index contributed by atoms with van der Waals surface area (Å²) in [5.74, 6) is 1.72. The molecule has 1 saturated carbocycles. The van der Waals surface area contributed by atoms with Crippen LogP contribution in [0.5, 0.6) is 0 Å². The van der Waals surface area contributed by atoms with Gasteiger partial charge in [-0.05, 0) is 18.8 Å². The van der Waals surface area contributed by atoms with E-state index in [-0.39, 0.29) is 0 Å². The summed E-state index contributed by atoms with van der Waals surface area (Å²) >= 11 is 0. The standard InChI is InChI=1S/C9H16O/c1-6-4-5-7(2)9(10)8(6)3/h6-8H,4-5H2,1-3H3. The summed E-state index contributed by atoms with van der Waals surface area (Å²) < 4.78 is 0. The zero-order chi connectivity index (χ0) is 7.72. The molecule has 3 unspecified atom stereocenters. The second kappa shape index (κ2) is 2.73. The molecule has 1 heteroatoms. The molecule has 0 saturated heterocycles.